The average molecular weight is 223 g/mol. The fraction of sp³-hybridized carbons (Fsp3) is 0.0714. The van der Waals surface area contributed by atoms with Crippen molar-refractivity contribution in [3.05, 3.63) is 60.4 Å². The number of fused-ring (bicyclic) bond motifs is 1. The number of aromatic nitrogens is 2. The van der Waals surface area contributed by atoms with Gasteiger partial charge in [-0.2, -0.15) is 5.10 Å². The van der Waals surface area contributed by atoms with Crippen LogP contribution in [-0.4, -0.2) is 9.78 Å². The predicted molar refractivity (Wildman–Crippen MR) is 69.7 cm³/mol. The zero-order chi connectivity index (χ0) is 11.7. The molecule has 0 aliphatic heterocycles. The molecule has 0 spiro atoms. The maximum atomic E-state index is 5.66. The Bertz CT molecular complexity index is 650. The van der Waals surface area contributed by atoms with Gasteiger partial charge in [0.2, 0.25) is 0 Å². The van der Waals surface area contributed by atoms with Crippen molar-refractivity contribution in [3.8, 4) is 0 Å². The molecule has 84 valence electrons. The van der Waals surface area contributed by atoms with Gasteiger partial charge in [0, 0.05) is 6.20 Å². The number of rotatable bonds is 2. The van der Waals surface area contributed by atoms with E-state index in [1.165, 1.54) is 16.3 Å². The molecule has 0 atom stereocenters. The lowest BCUT2D eigenvalue weighted by molar-refractivity contribution is 0.690. The highest BCUT2D eigenvalue weighted by Gasteiger charge is 2.01. The van der Waals surface area contributed by atoms with Gasteiger partial charge in [-0.1, -0.05) is 42.5 Å². The lowest BCUT2D eigenvalue weighted by Gasteiger charge is -2.06. The maximum Gasteiger partial charge on any atom is 0.0719 e. The highest BCUT2D eigenvalue weighted by Crippen LogP contribution is 2.19. The van der Waals surface area contributed by atoms with E-state index in [9.17, 15) is 0 Å². The lowest BCUT2D eigenvalue weighted by Crippen LogP contribution is -2.00. The largest absolute Gasteiger partial charge is 0.396 e. The highest BCUT2D eigenvalue weighted by molar-refractivity contribution is 5.85. The summed E-state index contributed by atoms with van der Waals surface area (Å²) in [6, 6.07) is 14.7. The van der Waals surface area contributed by atoms with Gasteiger partial charge in [-0.15, -0.1) is 0 Å². The first-order chi connectivity index (χ1) is 8.33. The van der Waals surface area contributed by atoms with Crippen LogP contribution >= 0.6 is 0 Å². The minimum atomic E-state index is 0.699. The molecule has 1 aromatic heterocycles. The van der Waals surface area contributed by atoms with Crippen LogP contribution in [0.15, 0.2) is 54.9 Å². The second-order valence-corrected chi connectivity index (χ2v) is 4.11. The molecule has 2 aromatic carbocycles. The number of nitrogens with two attached hydrogens (primary N) is 1. The van der Waals surface area contributed by atoms with E-state index in [0.717, 1.165) is 6.54 Å². The molecule has 0 aliphatic carbocycles. The number of hydrogen-bond donors (Lipinski definition) is 1. The molecule has 0 aliphatic rings. The molecule has 3 aromatic rings. The Morgan fingerprint density at radius 1 is 1.06 bits per heavy atom. The fourth-order valence-electron chi connectivity index (χ4n) is 2.07. The van der Waals surface area contributed by atoms with Crippen LogP contribution in [0.1, 0.15) is 5.56 Å². The minimum Gasteiger partial charge on any atom is -0.396 e. The molecule has 0 fully saturated rings. The number of benzene rings is 2. The van der Waals surface area contributed by atoms with E-state index in [4.69, 9.17) is 5.73 Å². The van der Waals surface area contributed by atoms with Crippen LogP contribution in [0.4, 0.5) is 5.69 Å². The van der Waals surface area contributed by atoms with Crippen molar-refractivity contribution in [1.29, 1.82) is 0 Å². The van der Waals surface area contributed by atoms with Gasteiger partial charge in [0.05, 0.1) is 18.4 Å². The molecule has 3 heteroatoms. The Balaban J connectivity index is 2.05. The van der Waals surface area contributed by atoms with E-state index < -0.39 is 0 Å². The highest BCUT2D eigenvalue weighted by atomic mass is 15.3. The van der Waals surface area contributed by atoms with Gasteiger partial charge in [-0.05, 0) is 16.3 Å². The Labute approximate surface area is 99.5 Å². The zero-order valence-electron chi connectivity index (χ0n) is 9.38. The summed E-state index contributed by atoms with van der Waals surface area (Å²) in [5.74, 6) is 0. The Kier molecular flexibility index (Phi) is 2.29. The van der Waals surface area contributed by atoms with Crippen molar-refractivity contribution < 1.29 is 0 Å². The summed E-state index contributed by atoms with van der Waals surface area (Å²) >= 11 is 0. The topological polar surface area (TPSA) is 43.8 Å². The van der Waals surface area contributed by atoms with Gasteiger partial charge in [-0.3, -0.25) is 4.68 Å². The smallest absolute Gasteiger partial charge is 0.0719 e. The van der Waals surface area contributed by atoms with Crippen molar-refractivity contribution in [2.75, 3.05) is 5.73 Å². The van der Waals surface area contributed by atoms with Crippen LogP contribution in [0.25, 0.3) is 10.8 Å². The number of nitrogen functional groups attached to an aromatic ring is 1. The van der Waals surface area contributed by atoms with Crippen LogP contribution in [-0.2, 0) is 6.54 Å². The summed E-state index contributed by atoms with van der Waals surface area (Å²) in [5.41, 5.74) is 7.62. The molecule has 2 N–H and O–H groups in total. The maximum absolute atomic E-state index is 5.66. The van der Waals surface area contributed by atoms with Crippen molar-refractivity contribution in [1.82, 2.24) is 9.78 Å². The third-order valence-electron chi connectivity index (χ3n) is 2.87. The van der Waals surface area contributed by atoms with Crippen molar-refractivity contribution in [2.24, 2.45) is 0 Å². The third-order valence-corrected chi connectivity index (χ3v) is 2.87. The second-order valence-electron chi connectivity index (χ2n) is 4.11. The second kappa shape index (κ2) is 3.94. The Morgan fingerprint density at radius 3 is 2.71 bits per heavy atom. The summed E-state index contributed by atoms with van der Waals surface area (Å²) in [6.07, 6.45) is 3.52. The SMILES string of the molecule is Nc1cnn(Cc2cccc3ccccc23)c1. The molecule has 17 heavy (non-hydrogen) atoms. The quantitative estimate of drug-likeness (QED) is 0.725. The molecular formula is C14H13N3. The van der Waals surface area contributed by atoms with Gasteiger partial charge >= 0.3 is 0 Å². The molecule has 0 unspecified atom stereocenters. The fourth-order valence-corrected chi connectivity index (χ4v) is 2.07. The summed E-state index contributed by atoms with van der Waals surface area (Å²) in [5, 5.41) is 6.73. The van der Waals surface area contributed by atoms with E-state index in [1.807, 2.05) is 10.9 Å². The van der Waals surface area contributed by atoms with E-state index in [1.54, 1.807) is 6.20 Å². The summed E-state index contributed by atoms with van der Waals surface area (Å²) in [7, 11) is 0. The number of anilines is 1. The predicted octanol–water partition coefficient (Wildman–Crippen LogP) is 2.67. The van der Waals surface area contributed by atoms with Crippen LogP contribution in [0.5, 0.6) is 0 Å². The van der Waals surface area contributed by atoms with Gasteiger partial charge in [0.25, 0.3) is 0 Å². The first-order valence-electron chi connectivity index (χ1n) is 5.57. The molecule has 0 saturated heterocycles. The van der Waals surface area contributed by atoms with Gasteiger partial charge in [-0.25, -0.2) is 0 Å². The Morgan fingerprint density at radius 2 is 1.88 bits per heavy atom. The average Bonchev–Trinajstić information content (AvgIpc) is 2.75. The monoisotopic (exact) mass is 223 g/mol. The van der Waals surface area contributed by atoms with E-state index in [2.05, 4.69) is 47.6 Å². The summed E-state index contributed by atoms with van der Waals surface area (Å²) < 4.78 is 1.86. The molecule has 0 radical (unpaired) electrons. The van der Waals surface area contributed by atoms with Crippen LogP contribution in [0.2, 0.25) is 0 Å². The first-order valence-corrected chi connectivity index (χ1v) is 5.57. The lowest BCUT2D eigenvalue weighted by atomic mass is 10.0. The molecule has 3 nitrogen and oxygen atoms in total. The normalized spacial score (nSPS) is 10.8. The summed E-state index contributed by atoms with van der Waals surface area (Å²) in [4.78, 5) is 0. The molecule has 0 saturated carbocycles. The minimum absolute atomic E-state index is 0.699. The molecule has 1 heterocycles. The number of hydrogen-bond acceptors (Lipinski definition) is 2. The van der Waals surface area contributed by atoms with E-state index in [0.29, 0.717) is 5.69 Å². The molecular weight excluding hydrogens is 210 g/mol. The van der Waals surface area contributed by atoms with Crippen LogP contribution < -0.4 is 5.73 Å². The zero-order valence-corrected chi connectivity index (χ0v) is 9.38. The Hall–Kier alpha value is -2.29. The van der Waals surface area contributed by atoms with Gasteiger partial charge in [0.1, 0.15) is 0 Å². The standard InChI is InChI=1S/C14H13N3/c15-13-8-16-17(10-13)9-12-6-3-5-11-4-1-2-7-14(11)12/h1-8,10H,9,15H2. The molecule has 0 amide bonds. The first kappa shape index (κ1) is 9.90. The van der Waals surface area contributed by atoms with E-state index >= 15 is 0 Å². The molecule has 3 rings (SSSR count). The van der Waals surface area contributed by atoms with Crippen LogP contribution in [0.3, 0.4) is 0 Å². The third kappa shape index (κ3) is 1.87. The number of nitrogens with zero attached hydrogens (tertiary/aromatic N) is 2. The summed E-state index contributed by atoms with van der Waals surface area (Å²) in [6.45, 7) is 0.749. The molecule has 0 bridgehead atoms. The van der Waals surface area contributed by atoms with Crippen molar-refractivity contribution >= 4 is 16.5 Å². The van der Waals surface area contributed by atoms with Crippen LogP contribution in [0, 0.1) is 0 Å². The van der Waals surface area contributed by atoms with Gasteiger partial charge < -0.3 is 5.73 Å². The van der Waals surface area contributed by atoms with Crippen molar-refractivity contribution in [3.63, 3.8) is 0 Å². The van der Waals surface area contributed by atoms with Gasteiger partial charge in [0.15, 0.2) is 0 Å². The van der Waals surface area contributed by atoms with E-state index in [-0.39, 0.29) is 0 Å². The van der Waals surface area contributed by atoms with Crippen molar-refractivity contribution in [2.45, 2.75) is 6.54 Å².